The molecule has 0 bridgehead atoms. The fourth-order valence-electron chi connectivity index (χ4n) is 1.65. The largest absolute Gasteiger partial charge is 0.493 e. The van der Waals surface area contributed by atoms with Crippen molar-refractivity contribution in [1.29, 1.82) is 0 Å². The van der Waals surface area contributed by atoms with E-state index in [0.717, 1.165) is 29.9 Å². The first-order chi connectivity index (χ1) is 7.69. The molecule has 0 heterocycles. The summed E-state index contributed by atoms with van der Waals surface area (Å²) in [5.74, 6) is 1.56. The van der Waals surface area contributed by atoms with Crippen molar-refractivity contribution in [1.82, 2.24) is 0 Å². The lowest BCUT2D eigenvalue weighted by atomic mass is 10.1. The van der Waals surface area contributed by atoms with Gasteiger partial charge in [-0.05, 0) is 43.9 Å². The molecule has 1 aromatic carbocycles. The maximum Gasteiger partial charge on any atom is 0.161 e. The van der Waals surface area contributed by atoms with Gasteiger partial charge in [-0.15, -0.1) is 0 Å². The second-order valence-corrected chi connectivity index (χ2v) is 4.36. The molecule has 0 saturated heterocycles. The Bertz CT molecular complexity index is 356. The predicted octanol–water partition coefficient (Wildman–Crippen LogP) is 2.16. The van der Waals surface area contributed by atoms with Crippen LogP contribution in [0.2, 0.25) is 0 Å². The molecule has 0 amide bonds. The molecule has 1 aliphatic carbocycles. The highest BCUT2D eigenvalue weighted by molar-refractivity contribution is 5.43. The van der Waals surface area contributed by atoms with Crippen LogP contribution in [0.4, 0.5) is 0 Å². The first kappa shape index (κ1) is 11.3. The minimum Gasteiger partial charge on any atom is -0.493 e. The molecule has 1 atom stereocenters. The van der Waals surface area contributed by atoms with E-state index in [0.29, 0.717) is 12.5 Å². The first-order valence-electron chi connectivity index (χ1n) is 5.70. The molecule has 3 nitrogen and oxygen atoms in total. The van der Waals surface area contributed by atoms with Crippen LogP contribution < -0.4 is 9.47 Å². The molecule has 2 rings (SSSR count). The highest BCUT2D eigenvalue weighted by atomic mass is 16.5. The summed E-state index contributed by atoms with van der Waals surface area (Å²) in [5.41, 5.74) is 1.08. The van der Waals surface area contributed by atoms with Crippen LogP contribution in [0.1, 0.15) is 25.3 Å². The molecular formula is C13H18O3. The summed E-state index contributed by atoms with van der Waals surface area (Å²) < 4.78 is 11.0. The number of methoxy groups -OCH3 is 1. The smallest absolute Gasteiger partial charge is 0.161 e. The zero-order valence-corrected chi connectivity index (χ0v) is 9.77. The molecular weight excluding hydrogens is 204 g/mol. The zero-order chi connectivity index (χ0) is 11.5. The summed E-state index contributed by atoms with van der Waals surface area (Å²) >= 11 is 0. The van der Waals surface area contributed by atoms with Gasteiger partial charge in [-0.1, -0.05) is 6.07 Å². The van der Waals surface area contributed by atoms with E-state index in [1.165, 1.54) is 0 Å². The van der Waals surface area contributed by atoms with E-state index in [9.17, 15) is 5.11 Å². The third kappa shape index (κ3) is 2.89. The molecule has 0 aromatic heterocycles. The summed E-state index contributed by atoms with van der Waals surface area (Å²) in [5, 5.41) is 9.35. The number of aliphatic hydroxyl groups is 1. The Morgan fingerprint density at radius 2 is 2.12 bits per heavy atom. The monoisotopic (exact) mass is 222 g/mol. The number of hydrogen-bond acceptors (Lipinski definition) is 3. The van der Waals surface area contributed by atoms with E-state index in [1.807, 2.05) is 18.2 Å². The second-order valence-electron chi connectivity index (χ2n) is 4.36. The molecule has 1 aromatic rings. The number of aliphatic hydroxyl groups excluding tert-OH is 1. The molecule has 1 saturated carbocycles. The summed E-state index contributed by atoms with van der Waals surface area (Å²) in [6.07, 6.45) is 2.93. The van der Waals surface area contributed by atoms with Crippen molar-refractivity contribution in [3.63, 3.8) is 0 Å². The maximum absolute atomic E-state index is 9.35. The topological polar surface area (TPSA) is 38.7 Å². The lowest BCUT2D eigenvalue weighted by molar-refractivity contribution is 0.195. The van der Waals surface area contributed by atoms with Gasteiger partial charge in [-0.3, -0.25) is 0 Å². The van der Waals surface area contributed by atoms with Gasteiger partial charge in [0.15, 0.2) is 11.5 Å². The molecule has 1 unspecified atom stereocenters. The van der Waals surface area contributed by atoms with Crippen molar-refractivity contribution in [3.8, 4) is 11.5 Å². The molecule has 1 aliphatic rings. The Morgan fingerprint density at radius 1 is 1.38 bits per heavy atom. The maximum atomic E-state index is 9.35. The Hall–Kier alpha value is -1.22. The van der Waals surface area contributed by atoms with Gasteiger partial charge in [0.25, 0.3) is 0 Å². The van der Waals surface area contributed by atoms with Crippen LogP contribution in [0.15, 0.2) is 18.2 Å². The SMILES string of the molecule is COc1ccc(CC(C)O)cc1OC1CC1. The Kier molecular flexibility index (Phi) is 3.34. The van der Waals surface area contributed by atoms with Gasteiger partial charge in [0.1, 0.15) is 0 Å². The van der Waals surface area contributed by atoms with Crippen LogP contribution in [0, 0.1) is 0 Å². The average Bonchev–Trinajstić information content (AvgIpc) is 3.01. The highest BCUT2D eigenvalue weighted by Crippen LogP contribution is 2.34. The normalized spacial score (nSPS) is 16.9. The summed E-state index contributed by atoms with van der Waals surface area (Å²) in [7, 11) is 1.64. The van der Waals surface area contributed by atoms with Crippen LogP contribution in [-0.4, -0.2) is 24.4 Å². The fraction of sp³-hybridized carbons (Fsp3) is 0.538. The minimum atomic E-state index is -0.331. The molecule has 3 heteroatoms. The zero-order valence-electron chi connectivity index (χ0n) is 9.77. The molecule has 1 N–H and O–H groups in total. The quantitative estimate of drug-likeness (QED) is 0.829. The van der Waals surface area contributed by atoms with Crippen molar-refractivity contribution >= 4 is 0 Å². The van der Waals surface area contributed by atoms with Gasteiger partial charge in [-0.25, -0.2) is 0 Å². The Balaban J connectivity index is 2.15. The van der Waals surface area contributed by atoms with E-state index in [-0.39, 0.29) is 6.10 Å². The van der Waals surface area contributed by atoms with Gasteiger partial charge in [-0.2, -0.15) is 0 Å². The van der Waals surface area contributed by atoms with Gasteiger partial charge in [0.05, 0.1) is 19.3 Å². The third-order valence-electron chi connectivity index (χ3n) is 2.58. The Labute approximate surface area is 96.0 Å². The molecule has 88 valence electrons. The van der Waals surface area contributed by atoms with Crippen molar-refractivity contribution in [2.45, 2.75) is 38.4 Å². The molecule has 0 aliphatic heterocycles. The minimum absolute atomic E-state index is 0.331. The van der Waals surface area contributed by atoms with Crippen molar-refractivity contribution in [2.75, 3.05) is 7.11 Å². The van der Waals surface area contributed by atoms with E-state index in [4.69, 9.17) is 9.47 Å². The lowest BCUT2D eigenvalue weighted by Gasteiger charge is -2.12. The average molecular weight is 222 g/mol. The van der Waals surface area contributed by atoms with Crippen LogP contribution in [0.5, 0.6) is 11.5 Å². The van der Waals surface area contributed by atoms with Crippen molar-refractivity contribution in [2.24, 2.45) is 0 Å². The lowest BCUT2D eigenvalue weighted by Crippen LogP contribution is -2.05. The summed E-state index contributed by atoms with van der Waals surface area (Å²) in [4.78, 5) is 0. The van der Waals surface area contributed by atoms with Crippen LogP contribution in [0.25, 0.3) is 0 Å². The molecule has 0 spiro atoms. The van der Waals surface area contributed by atoms with Crippen LogP contribution in [0.3, 0.4) is 0 Å². The third-order valence-corrected chi connectivity index (χ3v) is 2.58. The summed E-state index contributed by atoms with van der Waals surface area (Å²) in [6, 6.07) is 5.82. The summed E-state index contributed by atoms with van der Waals surface area (Å²) in [6.45, 7) is 1.78. The number of rotatable bonds is 5. The van der Waals surface area contributed by atoms with E-state index in [2.05, 4.69) is 0 Å². The van der Waals surface area contributed by atoms with E-state index < -0.39 is 0 Å². The number of hydrogen-bond donors (Lipinski definition) is 1. The van der Waals surface area contributed by atoms with Gasteiger partial charge in [0.2, 0.25) is 0 Å². The van der Waals surface area contributed by atoms with Crippen LogP contribution >= 0.6 is 0 Å². The standard InChI is InChI=1S/C13H18O3/c1-9(14)7-10-3-6-12(15-2)13(8-10)16-11-4-5-11/h3,6,8-9,11,14H,4-5,7H2,1-2H3. The van der Waals surface area contributed by atoms with Crippen molar-refractivity contribution in [3.05, 3.63) is 23.8 Å². The predicted molar refractivity (Wildman–Crippen MR) is 62.0 cm³/mol. The number of benzene rings is 1. The molecule has 1 fully saturated rings. The fourth-order valence-corrected chi connectivity index (χ4v) is 1.65. The van der Waals surface area contributed by atoms with Crippen LogP contribution in [-0.2, 0) is 6.42 Å². The second kappa shape index (κ2) is 4.74. The van der Waals surface area contributed by atoms with Gasteiger partial charge >= 0.3 is 0 Å². The molecule has 0 radical (unpaired) electrons. The highest BCUT2D eigenvalue weighted by Gasteiger charge is 2.25. The molecule has 16 heavy (non-hydrogen) atoms. The van der Waals surface area contributed by atoms with E-state index >= 15 is 0 Å². The number of ether oxygens (including phenoxy) is 2. The first-order valence-corrected chi connectivity index (χ1v) is 5.70. The van der Waals surface area contributed by atoms with E-state index in [1.54, 1.807) is 14.0 Å². The van der Waals surface area contributed by atoms with Gasteiger partial charge < -0.3 is 14.6 Å². The Morgan fingerprint density at radius 3 is 2.69 bits per heavy atom. The van der Waals surface area contributed by atoms with Crippen molar-refractivity contribution < 1.29 is 14.6 Å². The van der Waals surface area contributed by atoms with Gasteiger partial charge in [0, 0.05) is 0 Å².